The third-order valence-corrected chi connectivity index (χ3v) is 5.00. The summed E-state index contributed by atoms with van der Waals surface area (Å²) in [5.74, 6) is 1.01. The van der Waals surface area contributed by atoms with E-state index in [1.807, 2.05) is 0 Å². The molecule has 1 aromatic rings. The Labute approximate surface area is 128 Å². The maximum Gasteiger partial charge on any atom is 0.194 e. The zero-order chi connectivity index (χ0) is 14.9. The Bertz CT molecular complexity index is 538. The van der Waals surface area contributed by atoms with Gasteiger partial charge in [0.15, 0.2) is 5.90 Å². The van der Waals surface area contributed by atoms with Gasteiger partial charge in [0.1, 0.15) is 6.61 Å². The standard InChI is InChI=1S/C19H27NO/c1-4-15-10-6-7-11-16(15)19(12-8-5-9-13-19)17-20-18(2,3)14-21-17/h6-7,10-11H,4-5,8-9,12-14H2,1-3H3. The lowest BCUT2D eigenvalue weighted by Gasteiger charge is -2.38. The van der Waals surface area contributed by atoms with Gasteiger partial charge in [0, 0.05) is 0 Å². The van der Waals surface area contributed by atoms with Crippen LogP contribution in [-0.4, -0.2) is 18.0 Å². The second-order valence-electron chi connectivity index (χ2n) is 7.17. The molecule has 0 N–H and O–H groups in total. The molecule has 2 nitrogen and oxygen atoms in total. The van der Waals surface area contributed by atoms with E-state index < -0.39 is 0 Å². The fourth-order valence-corrected chi connectivity index (χ4v) is 3.88. The van der Waals surface area contributed by atoms with Crippen molar-refractivity contribution in [2.24, 2.45) is 4.99 Å². The largest absolute Gasteiger partial charge is 0.478 e. The third-order valence-electron chi connectivity index (χ3n) is 5.00. The summed E-state index contributed by atoms with van der Waals surface area (Å²) in [6.07, 6.45) is 7.33. The van der Waals surface area contributed by atoms with Crippen LogP contribution in [0.5, 0.6) is 0 Å². The first kappa shape index (κ1) is 14.6. The molecule has 3 rings (SSSR count). The van der Waals surface area contributed by atoms with E-state index in [1.54, 1.807) is 0 Å². The molecule has 0 atom stereocenters. The molecule has 0 amide bonds. The minimum Gasteiger partial charge on any atom is -0.478 e. The molecular weight excluding hydrogens is 258 g/mol. The monoisotopic (exact) mass is 285 g/mol. The molecule has 0 unspecified atom stereocenters. The van der Waals surface area contributed by atoms with E-state index in [2.05, 4.69) is 45.0 Å². The number of aryl methyl sites for hydroxylation is 1. The molecular formula is C19H27NO. The summed E-state index contributed by atoms with van der Waals surface area (Å²) in [6.45, 7) is 7.31. The number of rotatable bonds is 3. The molecule has 0 spiro atoms. The van der Waals surface area contributed by atoms with Gasteiger partial charge >= 0.3 is 0 Å². The van der Waals surface area contributed by atoms with Gasteiger partial charge in [0.2, 0.25) is 0 Å². The maximum absolute atomic E-state index is 6.11. The Morgan fingerprint density at radius 1 is 1.10 bits per heavy atom. The minimum atomic E-state index is -0.0685. The smallest absolute Gasteiger partial charge is 0.194 e. The van der Waals surface area contributed by atoms with E-state index in [4.69, 9.17) is 9.73 Å². The van der Waals surface area contributed by atoms with Crippen LogP contribution in [0.25, 0.3) is 0 Å². The topological polar surface area (TPSA) is 21.6 Å². The van der Waals surface area contributed by atoms with Crippen molar-refractivity contribution in [2.45, 2.75) is 70.3 Å². The van der Waals surface area contributed by atoms with Crippen molar-refractivity contribution in [2.75, 3.05) is 6.61 Å². The van der Waals surface area contributed by atoms with Gasteiger partial charge in [-0.1, -0.05) is 50.5 Å². The molecule has 2 heteroatoms. The second kappa shape index (κ2) is 5.47. The van der Waals surface area contributed by atoms with E-state index in [9.17, 15) is 0 Å². The quantitative estimate of drug-likeness (QED) is 0.791. The van der Waals surface area contributed by atoms with Crippen molar-refractivity contribution < 1.29 is 4.74 Å². The zero-order valence-corrected chi connectivity index (χ0v) is 13.6. The van der Waals surface area contributed by atoms with Crippen LogP contribution >= 0.6 is 0 Å². The average Bonchev–Trinajstić information content (AvgIpc) is 2.88. The SMILES string of the molecule is CCc1ccccc1C1(C2=NC(C)(C)CO2)CCCCC1. The van der Waals surface area contributed by atoms with E-state index in [1.165, 1.54) is 43.2 Å². The number of ether oxygens (including phenoxy) is 1. The van der Waals surface area contributed by atoms with Gasteiger partial charge in [-0.15, -0.1) is 0 Å². The summed E-state index contributed by atoms with van der Waals surface area (Å²) in [6, 6.07) is 8.90. The van der Waals surface area contributed by atoms with Gasteiger partial charge in [0.05, 0.1) is 11.0 Å². The van der Waals surface area contributed by atoms with Crippen LogP contribution in [0.15, 0.2) is 29.3 Å². The molecule has 0 radical (unpaired) electrons. The molecule has 1 aliphatic carbocycles. The van der Waals surface area contributed by atoms with Gasteiger partial charge in [-0.3, -0.25) is 0 Å². The number of aliphatic imine (C=N–C) groups is 1. The van der Waals surface area contributed by atoms with Crippen LogP contribution in [0.1, 0.15) is 64.0 Å². The van der Waals surface area contributed by atoms with E-state index in [0.717, 1.165) is 18.9 Å². The molecule has 1 heterocycles. The highest BCUT2D eigenvalue weighted by Gasteiger charge is 2.45. The highest BCUT2D eigenvalue weighted by molar-refractivity contribution is 5.90. The van der Waals surface area contributed by atoms with E-state index in [-0.39, 0.29) is 11.0 Å². The lowest BCUT2D eigenvalue weighted by molar-refractivity contribution is 0.241. The zero-order valence-electron chi connectivity index (χ0n) is 13.6. The average molecular weight is 285 g/mol. The molecule has 21 heavy (non-hydrogen) atoms. The van der Waals surface area contributed by atoms with Crippen molar-refractivity contribution in [1.29, 1.82) is 0 Å². The van der Waals surface area contributed by atoms with Gasteiger partial charge in [-0.2, -0.15) is 0 Å². The summed E-state index contributed by atoms with van der Waals surface area (Å²) in [7, 11) is 0. The van der Waals surface area contributed by atoms with Gasteiger partial charge in [-0.25, -0.2) is 4.99 Å². The molecule has 1 aliphatic heterocycles. The van der Waals surface area contributed by atoms with Crippen molar-refractivity contribution in [3.8, 4) is 0 Å². The Hall–Kier alpha value is -1.31. The van der Waals surface area contributed by atoms with Crippen molar-refractivity contribution in [3.05, 3.63) is 35.4 Å². The van der Waals surface area contributed by atoms with Crippen molar-refractivity contribution in [3.63, 3.8) is 0 Å². The van der Waals surface area contributed by atoms with Gasteiger partial charge in [-0.05, 0) is 44.2 Å². The predicted molar refractivity (Wildman–Crippen MR) is 88.0 cm³/mol. The van der Waals surface area contributed by atoms with Crippen LogP contribution in [-0.2, 0) is 16.6 Å². The summed E-state index contributed by atoms with van der Waals surface area (Å²) in [5.41, 5.74) is 2.87. The van der Waals surface area contributed by atoms with Crippen LogP contribution in [0.2, 0.25) is 0 Å². The first-order chi connectivity index (χ1) is 10.1. The highest BCUT2D eigenvalue weighted by atomic mass is 16.5. The number of hydrogen-bond acceptors (Lipinski definition) is 2. The van der Waals surface area contributed by atoms with Crippen molar-refractivity contribution >= 4 is 5.90 Å². The first-order valence-corrected chi connectivity index (χ1v) is 8.39. The fraction of sp³-hybridized carbons (Fsp3) is 0.632. The predicted octanol–water partition coefficient (Wildman–Crippen LogP) is 4.66. The molecule has 0 aromatic heterocycles. The molecule has 1 aromatic carbocycles. The van der Waals surface area contributed by atoms with Crippen LogP contribution in [0, 0.1) is 0 Å². The summed E-state index contributed by atoms with van der Waals surface area (Å²) < 4.78 is 6.11. The Balaban J connectivity index is 2.10. The first-order valence-electron chi connectivity index (χ1n) is 8.39. The number of benzene rings is 1. The van der Waals surface area contributed by atoms with Crippen LogP contribution in [0.4, 0.5) is 0 Å². The van der Waals surface area contributed by atoms with E-state index >= 15 is 0 Å². The minimum absolute atomic E-state index is 0.0264. The molecule has 1 fully saturated rings. The molecule has 1 saturated carbocycles. The van der Waals surface area contributed by atoms with E-state index in [0.29, 0.717) is 0 Å². The highest BCUT2D eigenvalue weighted by Crippen LogP contribution is 2.44. The van der Waals surface area contributed by atoms with Gasteiger partial charge in [0.25, 0.3) is 0 Å². The molecule has 2 aliphatic rings. The Morgan fingerprint density at radius 2 is 1.81 bits per heavy atom. The summed E-state index contributed by atoms with van der Waals surface area (Å²) in [5, 5.41) is 0. The lowest BCUT2D eigenvalue weighted by atomic mass is 9.67. The Morgan fingerprint density at radius 3 is 2.43 bits per heavy atom. The number of hydrogen-bond donors (Lipinski definition) is 0. The Kier molecular flexibility index (Phi) is 3.81. The maximum atomic E-state index is 6.11. The van der Waals surface area contributed by atoms with Crippen LogP contribution < -0.4 is 0 Å². The third kappa shape index (κ3) is 2.61. The van der Waals surface area contributed by atoms with Crippen molar-refractivity contribution in [1.82, 2.24) is 0 Å². The summed E-state index contributed by atoms with van der Waals surface area (Å²) in [4.78, 5) is 4.96. The molecule has 0 bridgehead atoms. The fourth-order valence-electron chi connectivity index (χ4n) is 3.88. The lowest BCUT2D eigenvalue weighted by Crippen LogP contribution is -2.39. The second-order valence-corrected chi connectivity index (χ2v) is 7.17. The molecule has 0 saturated heterocycles. The van der Waals surface area contributed by atoms with Gasteiger partial charge < -0.3 is 4.74 Å². The van der Waals surface area contributed by atoms with Crippen LogP contribution in [0.3, 0.4) is 0 Å². The normalized spacial score (nSPS) is 23.5. The number of nitrogens with zero attached hydrogens (tertiary/aromatic N) is 1. The summed E-state index contributed by atoms with van der Waals surface area (Å²) >= 11 is 0. The molecule has 114 valence electrons.